The van der Waals surface area contributed by atoms with Gasteiger partial charge < -0.3 is 11.1 Å². The van der Waals surface area contributed by atoms with Crippen LogP contribution in [0.4, 0.5) is 0 Å². The van der Waals surface area contributed by atoms with Gasteiger partial charge in [-0.1, -0.05) is 25.7 Å². The Morgan fingerprint density at radius 2 is 1.57 bits per heavy atom. The molecule has 14 heavy (non-hydrogen) atoms. The first-order valence-corrected chi connectivity index (χ1v) is 6.35. The van der Waals surface area contributed by atoms with Gasteiger partial charge in [-0.05, 0) is 38.1 Å². The number of hydrogen-bond donors (Lipinski definition) is 2. The molecule has 0 aromatic heterocycles. The first kappa shape index (κ1) is 10.4. The second kappa shape index (κ2) is 5.13. The summed E-state index contributed by atoms with van der Waals surface area (Å²) in [5.41, 5.74) is 6.10. The summed E-state index contributed by atoms with van der Waals surface area (Å²) >= 11 is 0. The third-order valence-corrected chi connectivity index (χ3v) is 3.96. The Bertz CT molecular complexity index is 164. The maximum atomic E-state index is 6.10. The minimum Gasteiger partial charge on any atom is -0.326 e. The lowest BCUT2D eigenvalue weighted by molar-refractivity contribution is 0.310. The highest BCUT2D eigenvalue weighted by Gasteiger charge is 2.23. The van der Waals surface area contributed by atoms with Gasteiger partial charge in [0.2, 0.25) is 0 Å². The molecular formula is C12H24N2. The Labute approximate surface area is 87.6 Å². The van der Waals surface area contributed by atoms with E-state index in [1.807, 2.05) is 0 Å². The summed E-state index contributed by atoms with van der Waals surface area (Å²) < 4.78 is 0. The van der Waals surface area contributed by atoms with Crippen molar-refractivity contribution in [3.63, 3.8) is 0 Å². The van der Waals surface area contributed by atoms with Gasteiger partial charge >= 0.3 is 0 Å². The van der Waals surface area contributed by atoms with Gasteiger partial charge in [0.25, 0.3) is 0 Å². The van der Waals surface area contributed by atoms with Gasteiger partial charge in [-0.2, -0.15) is 0 Å². The highest BCUT2D eigenvalue weighted by Crippen LogP contribution is 2.24. The molecular weight excluding hydrogens is 172 g/mol. The summed E-state index contributed by atoms with van der Waals surface area (Å²) in [6.07, 6.45) is 11.0. The molecule has 0 amide bonds. The highest BCUT2D eigenvalue weighted by atomic mass is 15.0. The van der Waals surface area contributed by atoms with E-state index in [0.717, 1.165) is 5.92 Å². The molecule has 0 bridgehead atoms. The largest absolute Gasteiger partial charge is 0.326 e. The second-order valence-electron chi connectivity index (χ2n) is 5.11. The quantitative estimate of drug-likeness (QED) is 0.725. The molecule has 2 aliphatic carbocycles. The zero-order chi connectivity index (χ0) is 9.80. The van der Waals surface area contributed by atoms with E-state index in [4.69, 9.17) is 5.73 Å². The summed E-state index contributed by atoms with van der Waals surface area (Å²) in [5.74, 6) is 0.948. The van der Waals surface area contributed by atoms with Crippen LogP contribution in [-0.2, 0) is 0 Å². The van der Waals surface area contributed by atoms with Gasteiger partial charge in [-0.25, -0.2) is 0 Å². The molecule has 2 unspecified atom stereocenters. The van der Waals surface area contributed by atoms with Crippen LogP contribution >= 0.6 is 0 Å². The minimum absolute atomic E-state index is 0.421. The van der Waals surface area contributed by atoms with Crippen molar-refractivity contribution in [3.05, 3.63) is 0 Å². The van der Waals surface area contributed by atoms with Crippen LogP contribution in [0.25, 0.3) is 0 Å². The molecule has 0 aromatic carbocycles. The Balaban J connectivity index is 1.67. The Hall–Kier alpha value is -0.0800. The molecule has 3 N–H and O–H groups in total. The van der Waals surface area contributed by atoms with Crippen LogP contribution in [0.3, 0.4) is 0 Å². The van der Waals surface area contributed by atoms with Gasteiger partial charge in [0.15, 0.2) is 0 Å². The van der Waals surface area contributed by atoms with E-state index >= 15 is 0 Å². The lowest BCUT2D eigenvalue weighted by atomic mass is 9.90. The van der Waals surface area contributed by atoms with Crippen molar-refractivity contribution in [2.75, 3.05) is 6.54 Å². The van der Waals surface area contributed by atoms with Gasteiger partial charge in [-0.3, -0.25) is 0 Å². The average molecular weight is 196 g/mol. The molecule has 2 rings (SSSR count). The normalized spacial score (nSPS) is 34.9. The van der Waals surface area contributed by atoms with E-state index in [1.54, 1.807) is 0 Å². The summed E-state index contributed by atoms with van der Waals surface area (Å²) in [6.45, 7) is 1.22. The Morgan fingerprint density at radius 1 is 0.929 bits per heavy atom. The summed E-state index contributed by atoms with van der Waals surface area (Å²) in [6, 6.07) is 1.04. The molecule has 0 spiro atoms. The van der Waals surface area contributed by atoms with Gasteiger partial charge in [0.1, 0.15) is 0 Å². The van der Waals surface area contributed by atoms with Crippen LogP contribution in [0.1, 0.15) is 51.4 Å². The second-order valence-corrected chi connectivity index (χ2v) is 5.11. The fourth-order valence-electron chi connectivity index (χ4n) is 2.95. The maximum absolute atomic E-state index is 6.10. The minimum atomic E-state index is 0.421. The van der Waals surface area contributed by atoms with Crippen LogP contribution in [-0.4, -0.2) is 18.6 Å². The predicted octanol–water partition coefficient (Wildman–Crippen LogP) is 2.04. The van der Waals surface area contributed by atoms with Crippen LogP contribution < -0.4 is 11.1 Å². The zero-order valence-electron chi connectivity index (χ0n) is 9.17. The molecule has 82 valence electrons. The molecule has 0 radical (unpaired) electrons. The van der Waals surface area contributed by atoms with Crippen molar-refractivity contribution >= 4 is 0 Å². The van der Waals surface area contributed by atoms with Crippen molar-refractivity contribution in [2.45, 2.75) is 63.5 Å². The van der Waals surface area contributed by atoms with Crippen molar-refractivity contribution in [3.8, 4) is 0 Å². The third kappa shape index (κ3) is 2.71. The molecule has 0 aromatic rings. The molecule has 0 aliphatic heterocycles. The van der Waals surface area contributed by atoms with E-state index in [2.05, 4.69) is 5.32 Å². The first-order chi connectivity index (χ1) is 6.86. The third-order valence-electron chi connectivity index (χ3n) is 3.96. The van der Waals surface area contributed by atoms with Crippen molar-refractivity contribution < 1.29 is 0 Å². The van der Waals surface area contributed by atoms with E-state index in [0.29, 0.717) is 12.1 Å². The van der Waals surface area contributed by atoms with E-state index in [1.165, 1.54) is 57.9 Å². The van der Waals surface area contributed by atoms with Crippen LogP contribution in [0.2, 0.25) is 0 Å². The zero-order valence-corrected chi connectivity index (χ0v) is 9.17. The first-order valence-electron chi connectivity index (χ1n) is 6.35. The number of nitrogens with two attached hydrogens (primary N) is 1. The fourth-order valence-corrected chi connectivity index (χ4v) is 2.95. The molecule has 0 heterocycles. The molecule has 2 heteroatoms. The Morgan fingerprint density at radius 3 is 2.29 bits per heavy atom. The van der Waals surface area contributed by atoms with E-state index in [-0.39, 0.29) is 0 Å². The highest BCUT2D eigenvalue weighted by molar-refractivity contribution is 4.84. The molecule has 2 aliphatic rings. The number of hydrogen-bond acceptors (Lipinski definition) is 2. The molecule has 0 saturated heterocycles. The summed E-state index contributed by atoms with van der Waals surface area (Å²) in [7, 11) is 0. The van der Waals surface area contributed by atoms with Crippen molar-refractivity contribution in [1.82, 2.24) is 5.32 Å². The van der Waals surface area contributed by atoms with E-state index < -0.39 is 0 Å². The van der Waals surface area contributed by atoms with Crippen LogP contribution in [0.5, 0.6) is 0 Å². The molecule has 2 saturated carbocycles. The molecule has 2 nitrogen and oxygen atoms in total. The molecule has 2 atom stereocenters. The predicted molar refractivity (Wildman–Crippen MR) is 60.2 cm³/mol. The van der Waals surface area contributed by atoms with Gasteiger partial charge in [0.05, 0.1) is 0 Å². The Kier molecular flexibility index (Phi) is 3.82. The average Bonchev–Trinajstić information content (AvgIpc) is 2.69. The van der Waals surface area contributed by atoms with Crippen molar-refractivity contribution in [2.24, 2.45) is 11.7 Å². The number of nitrogens with one attached hydrogen (secondary N) is 1. The smallest absolute Gasteiger partial charge is 0.0219 e. The van der Waals surface area contributed by atoms with E-state index in [9.17, 15) is 0 Å². The number of rotatable bonds is 3. The van der Waals surface area contributed by atoms with Gasteiger partial charge in [-0.15, -0.1) is 0 Å². The monoisotopic (exact) mass is 196 g/mol. The topological polar surface area (TPSA) is 38.0 Å². The SMILES string of the molecule is NC1CCCCC1NCC1CCCC1. The summed E-state index contributed by atoms with van der Waals surface area (Å²) in [5, 5.41) is 3.69. The van der Waals surface area contributed by atoms with Gasteiger partial charge in [0, 0.05) is 12.1 Å². The lowest BCUT2D eigenvalue weighted by Crippen LogP contribution is -2.48. The molecule has 2 fully saturated rings. The van der Waals surface area contributed by atoms with Crippen molar-refractivity contribution in [1.29, 1.82) is 0 Å². The fraction of sp³-hybridized carbons (Fsp3) is 1.00. The van der Waals surface area contributed by atoms with Crippen LogP contribution in [0.15, 0.2) is 0 Å². The summed E-state index contributed by atoms with van der Waals surface area (Å²) in [4.78, 5) is 0. The lowest BCUT2D eigenvalue weighted by Gasteiger charge is -2.30. The standard InChI is InChI=1S/C12H24N2/c13-11-7-3-4-8-12(11)14-9-10-5-1-2-6-10/h10-12,14H,1-9,13H2. The van der Waals surface area contributed by atoms with Crippen LogP contribution in [0, 0.1) is 5.92 Å². The maximum Gasteiger partial charge on any atom is 0.0219 e.